The first kappa shape index (κ1) is 26.8. The zero-order valence-corrected chi connectivity index (χ0v) is 23.6. The Morgan fingerprint density at radius 2 is 1.87 bits per heavy atom. The van der Waals surface area contributed by atoms with Crippen LogP contribution >= 0.6 is 27.3 Å². The molecule has 2 heterocycles. The molecule has 1 aliphatic rings. The molecule has 1 unspecified atom stereocenters. The molecule has 0 saturated carbocycles. The number of nitrogens with zero attached hydrogens (tertiary/aromatic N) is 2. The molecule has 0 saturated heterocycles. The van der Waals surface area contributed by atoms with Crippen LogP contribution in [-0.4, -0.2) is 17.1 Å². The fourth-order valence-electron chi connectivity index (χ4n) is 4.42. The third kappa shape index (κ3) is 5.51. The average molecular weight is 608 g/mol. The standard InChI is InChI=1S/C30H24BrFN2O4S/c1-3-37-29(36)26-18(2)33-30-34(27(26)19-9-5-4-6-10-19)28(35)25(39-30)16-21-15-22(31)13-14-24(21)38-17-20-11-7-8-12-23(20)32/h4-16,27H,3,17H2,1-2H3. The minimum atomic E-state index is -0.678. The highest BCUT2D eigenvalue weighted by Crippen LogP contribution is 2.31. The van der Waals surface area contributed by atoms with Gasteiger partial charge in [0.2, 0.25) is 0 Å². The molecule has 0 bridgehead atoms. The lowest BCUT2D eigenvalue weighted by Gasteiger charge is -2.24. The van der Waals surface area contributed by atoms with Crippen molar-refractivity contribution >= 4 is 39.3 Å². The summed E-state index contributed by atoms with van der Waals surface area (Å²) in [5.41, 5.74) is 2.39. The number of allylic oxidation sites excluding steroid dienone is 1. The predicted octanol–water partition coefficient (Wildman–Crippen LogP) is 5.28. The van der Waals surface area contributed by atoms with E-state index < -0.39 is 12.0 Å². The van der Waals surface area contributed by atoms with Crippen LogP contribution in [0.2, 0.25) is 0 Å². The van der Waals surface area contributed by atoms with Gasteiger partial charge in [-0.1, -0.05) is 75.8 Å². The Bertz CT molecular complexity index is 1760. The molecule has 0 spiro atoms. The van der Waals surface area contributed by atoms with Crippen molar-refractivity contribution in [2.75, 3.05) is 6.61 Å². The van der Waals surface area contributed by atoms with Crippen LogP contribution in [0.15, 0.2) is 98.3 Å². The van der Waals surface area contributed by atoms with E-state index in [9.17, 15) is 14.0 Å². The molecule has 1 aromatic heterocycles. The number of carbonyl (C=O) groups excluding carboxylic acids is 1. The summed E-state index contributed by atoms with van der Waals surface area (Å²) in [7, 11) is 0. The number of benzene rings is 3. The number of hydrogen-bond acceptors (Lipinski definition) is 6. The fourth-order valence-corrected chi connectivity index (χ4v) is 5.83. The van der Waals surface area contributed by atoms with Crippen molar-refractivity contribution in [1.29, 1.82) is 0 Å². The van der Waals surface area contributed by atoms with E-state index in [4.69, 9.17) is 9.47 Å². The number of ether oxygens (including phenoxy) is 2. The normalized spacial score (nSPS) is 15.1. The molecular formula is C30H24BrFN2O4S. The van der Waals surface area contributed by atoms with Gasteiger partial charge in [0.1, 0.15) is 18.2 Å². The number of rotatable bonds is 7. The zero-order valence-electron chi connectivity index (χ0n) is 21.2. The van der Waals surface area contributed by atoms with E-state index in [1.807, 2.05) is 42.5 Å². The Morgan fingerprint density at radius 3 is 2.62 bits per heavy atom. The van der Waals surface area contributed by atoms with Crippen LogP contribution in [0.3, 0.4) is 0 Å². The van der Waals surface area contributed by atoms with Crippen LogP contribution in [0.1, 0.15) is 36.6 Å². The van der Waals surface area contributed by atoms with Crippen LogP contribution in [-0.2, 0) is 16.1 Å². The van der Waals surface area contributed by atoms with Gasteiger partial charge in [-0.2, -0.15) is 0 Å². The lowest BCUT2D eigenvalue weighted by atomic mass is 9.96. The van der Waals surface area contributed by atoms with Gasteiger partial charge in [0.05, 0.1) is 28.5 Å². The van der Waals surface area contributed by atoms with Gasteiger partial charge in [0.15, 0.2) is 4.80 Å². The highest BCUT2D eigenvalue weighted by Gasteiger charge is 2.33. The van der Waals surface area contributed by atoms with Crippen molar-refractivity contribution in [3.8, 4) is 5.75 Å². The molecule has 0 amide bonds. The Kier molecular flexibility index (Phi) is 7.90. The number of hydrogen-bond donors (Lipinski definition) is 0. The number of esters is 1. The van der Waals surface area contributed by atoms with Gasteiger partial charge < -0.3 is 9.47 Å². The number of fused-ring (bicyclic) bond motifs is 1. The first-order chi connectivity index (χ1) is 18.9. The van der Waals surface area contributed by atoms with Gasteiger partial charge in [-0.15, -0.1) is 0 Å². The number of aromatic nitrogens is 1. The minimum Gasteiger partial charge on any atom is -0.488 e. The second kappa shape index (κ2) is 11.5. The van der Waals surface area contributed by atoms with Crippen molar-refractivity contribution < 1.29 is 18.7 Å². The summed E-state index contributed by atoms with van der Waals surface area (Å²) in [6.07, 6.45) is 1.73. The van der Waals surface area contributed by atoms with Crippen LogP contribution in [0.4, 0.5) is 4.39 Å². The van der Waals surface area contributed by atoms with Crippen LogP contribution in [0.25, 0.3) is 6.08 Å². The monoisotopic (exact) mass is 606 g/mol. The Hall–Kier alpha value is -3.82. The highest BCUT2D eigenvalue weighted by molar-refractivity contribution is 9.10. The molecule has 9 heteroatoms. The van der Waals surface area contributed by atoms with Gasteiger partial charge in [0.25, 0.3) is 5.56 Å². The maximum atomic E-state index is 14.1. The molecule has 198 valence electrons. The van der Waals surface area contributed by atoms with Crippen molar-refractivity contribution in [3.05, 3.63) is 131 Å². The van der Waals surface area contributed by atoms with E-state index in [2.05, 4.69) is 20.9 Å². The van der Waals surface area contributed by atoms with Crippen LogP contribution in [0.5, 0.6) is 5.75 Å². The summed E-state index contributed by atoms with van der Waals surface area (Å²) in [6.45, 7) is 3.74. The lowest BCUT2D eigenvalue weighted by Crippen LogP contribution is -2.39. The second-order valence-corrected chi connectivity index (χ2v) is 10.7. The van der Waals surface area contributed by atoms with E-state index >= 15 is 0 Å². The van der Waals surface area contributed by atoms with Gasteiger partial charge in [-0.3, -0.25) is 9.36 Å². The highest BCUT2D eigenvalue weighted by atomic mass is 79.9. The molecule has 5 rings (SSSR count). The molecule has 6 nitrogen and oxygen atoms in total. The van der Waals surface area contributed by atoms with Crippen molar-refractivity contribution in [1.82, 2.24) is 4.57 Å². The number of thiazole rings is 1. The predicted molar refractivity (Wildman–Crippen MR) is 152 cm³/mol. The van der Waals surface area contributed by atoms with Gasteiger partial charge in [0, 0.05) is 15.6 Å². The summed E-state index contributed by atoms with van der Waals surface area (Å²) in [5.74, 6) is -0.355. The number of carbonyl (C=O) groups is 1. The topological polar surface area (TPSA) is 69.9 Å². The van der Waals surface area contributed by atoms with E-state index in [0.717, 1.165) is 10.0 Å². The van der Waals surface area contributed by atoms with Gasteiger partial charge >= 0.3 is 5.97 Å². The van der Waals surface area contributed by atoms with Gasteiger partial charge in [-0.05, 0) is 49.8 Å². The quantitative estimate of drug-likeness (QED) is 0.268. The Balaban J connectivity index is 1.62. The van der Waals surface area contributed by atoms with Crippen LogP contribution in [0, 0.1) is 5.82 Å². The maximum absolute atomic E-state index is 14.1. The Morgan fingerprint density at radius 1 is 1.13 bits per heavy atom. The van der Waals surface area contributed by atoms with Crippen molar-refractivity contribution in [3.63, 3.8) is 0 Å². The van der Waals surface area contributed by atoms with Crippen LogP contribution < -0.4 is 19.6 Å². The minimum absolute atomic E-state index is 0.0342. The van der Waals surface area contributed by atoms with Crippen molar-refractivity contribution in [2.24, 2.45) is 4.99 Å². The zero-order chi connectivity index (χ0) is 27.5. The molecule has 0 N–H and O–H groups in total. The van der Waals surface area contributed by atoms with E-state index in [1.54, 1.807) is 48.8 Å². The third-order valence-corrected chi connectivity index (χ3v) is 7.71. The molecule has 0 aliphatic carbocycles. The fraction of sp³-hybridized carbons (Fsp3) is 0.167. The molecule has 1 atom stereocenters. The summed E-state index contributed by atoms with van der Waals surface area (Å²) in [5, 5.41) is 0. The summed E-state index contributed by atoms with van der Waals surface area (Å²) in [6, 6.07) is 20.5. The third-order valence-electron chi connectivity index (χ3n) is 6.23. The maximum Gasteiger partial charge on any atom is 0.338 e. The molecule has 4 aromatic rings. The van der Waals surface area contributed by atoms with Gasteiger partial charge in [-0.25, -0.2) is 14.2 Å². The average Bonchev–Trinajstić information content (AvgIpc) is 3.23. The summed E-state index contributed by atoms with van der Waals surface area (Å²) >= 11 is 4.72. The summed E-state index contributed by atoms with van der Waals surface area (Å²) < 4.78 is 28.2. The first-order valence-electron chi connectivity index (χ1n) is 12.3. The molecule has 1 aliphatic heterocycles. The van der Waals surface area contributed by atoms with E-state index in [1.165, 1.54) is 17.4 Å². The number of halogens is 2. The Labute approximate surface area is 236 Å². The summed E-state index contributed by atoms with van der Waals surface area (Å²) in [4.78, 5) is 32.0. The lowest BCUT2D eigenvalue weighted by molar-refractivity contribution is -0.139. The van der Waals surface area contributed by atoms with E-state index in [-0.39, 0.29) is 24.6 Å². The first-order valence-corrected chi connectivity index (χ1v) is 13.9. The molecule has 0 fully saturated rings. The molecule has 3 aromatic carbocycles. The second-order valence-electron chi connectivity index (χ2n) is 8.78. The van der Waals surface area contributed by atoms with Crippen molar-refractivity contribution in [2.45, 2.75) is 26.5 Å². The molecule has 39 heavy (non-hydrogen) atoms. The molecule has 0 radical (unpaired) electrons. The molecular weight excluding hydrogens is 583 g/mol. The largest absolute Gasteiger partial charge is 0.488 e. The SMILES string of the molecule is CCOC(=O)C1=C(C)N=c2sc(=Cc3cc(Br)ccc3OCc3ccccc3F)c(=O)n2C1c1ccccc1. The van der Waals surface area contributed by atoms with E-state index in [0.29, 0.717) is 37.5 Å². The smallest absolute Gasteiger partial charge is 0.338 e.